The molecule has 1 heterocycles. The molecule has 4 rings (SSSR count). The van der Waals surface area contributed by atoms with Gasteiger partial charge in [0.25, 0.3) is 0 Å². The van der Waals surface area contributed by atoms with Crippen LogP contribution in [0.1, 0.15) is 27.0 Å². The van der Waals surface area contributed by atoms with Crippen molar-refractivity contribution in [2.24, 2.45) is 0 Å². The van der Waals surface area contributed by atoms with E-state index in [1.54, 1.807) is 74.7 Å². The third-order valence-electron chi connectivity index (χ3n) is 5.25. The molecule has 0 N–H and O–H groups in total. The van der Waals surface area contributed by atoms with E-state index < -0.39 is 5.97 Å². The van der Waals surface area contributed by atoms with Crippen LogP contribution >= 0.6 is 11.6 Å². The lowest BCUT2D eigenvalue weighted by atomic mass is 10.1. The second-order valence-corrected chi connectivity index (χ2v) is 7.83. The van der Waals surface area contributed by atoms with E-state index in [2.05, 4.69) is 0 Å². The number of fused-ring (bicyclic) bond motifs is 1. The quantitative estimate of drug-likeness (QED) is 0.275. The molecule has 0 spiro atoms. The SMILES string of the molecule is COc1ccc(/C=C2\Oc3c(ccc(OC(=O)Cc4ccc(Cl)cc4)c3C)C2=O)c(OC)c1. The number of rotatable bonds is 6. The first-order valence-corrected chi connectivity index (χ1v) is 10.5. The number of hydrogen-bond acceptors (Lipinski definition) is 6. The lowest BCUT2D eigenvalue weighted by molar-refractivity contribution is -0.133. The summed E-state index contributed by atoms with van der Waals surface area (Å²) < 4.78 is 22.0. The summed E-state index contributed by atoms with van der Waals surface area (Å²) in [6.45, 7) is 1.74. The van der Waals surface area contributed by atoms with Gasteiger partial charge >= 0.3 is 5.97 Å². The highest BCUT2D eigenvalue weighted by atomic mass is 35.5. The summed E-state index contributed by atoms with van der Waals surface area (Å²) in [5.74, 6) is 1.36. The molecular weight excluding hydrogens is 444 g/mol. The van der Waals surface area contributed by atoms with Gasteiger partial charge in [0, 0.05) is 22.2 Å². The van der Waals surface area contributed by atoms with Gasteiger partial charge in [-0.15, -0.1) is 0 Å². The molecule has 0 aliphatic carbocycles. The molecule has 0 radical (unpaired) electrons. The molecule has 0 unspecified atom stereocenters. The molecule has 0 atom stereocenters. The average molecular weight is 465 g/mol. The van der Waals surface area contributed by atoms with Crippen LogP contribution in [0.15, 0.2) is 60.4 Å². The summed E-state index contributed by atoms with van der Waals surface area (Å²) in [5, 5.41) is 0.597. The minimum absolute atomic E-state index is 0.0932. The zero-order valence-electron chi connectivity index (χ0n) is 18.3. The first-order chi connectivity index (χ1) is 15.9. The first kappa shape index (κ1) is 22.4. The van der Waals surface area contributed by atoms with Gasteiger partial charge < -0.3 is 18.9 Å². The van der Waals surface area contributed by atoms with Gasteiger partial charge in [-0.25, -0.2) is 0 Å². The maximum atomic E-state index is 12.9. The summed E-state index contributed by atoms with van der Waals surface area (Å²) in [7, 11) is 3.10. The van der Waals surface area contributed by atoms with E-state index >= 15 is 0 Å². The molecule has 1 aliphatic rings. The Hall–Kier alpha value is -3.77. The minimum Gasteiger partial charge on any atom is -0.497 e. The number of ketones is 1. The Kier molecular flexibility index (Phi) is 6.38. The zero-order valence-corrected chi connectivity index (χ0v) is 19.1. The Balaban J connectivity index is 1.55. The molecule has 0 bridgehead atoms. The van der Waals surface area contributed by atoms with Crippen molar-refractivity contribution in [1.29, 1.82) is 0 Å². The van der Waals surface area contributed by atoms with Crippen molar-refractivity contribution < 1.29 is 28.5 Å². The van der Waals surface area contributed by atoms with E-state index in [1.165, 1.54) is 7.11 Å². The number of halogens is 1. The molecule has 168 valence electrons. The van der Waals surface area contributed by atoms with Crippen LogP contribution in [0.2, 0.25) is 5.02 Å². The largest absolute Gasteiger partial charge is 0.497 e. The van der Waals surface area contributed by atoms with Crippen molar-refractivity contribution in [3.63, 3.8) is 0 Å². The second kappa shape index (κ2) is 9.38. The maximum Gasteiger partial charge on any atom is 0.315 e. The normalized spacial score (nSPS) is 13.5. The third kappa shape index (κ3) is 4.71. The van der Waals surface area contributed by atoms with Crippen LogP contribution in [-0.4, -0.2) is 26.0 Å². The van der Waals surface area contributed by atoms with Gasteiger partial charge in [0.1, 0.15) is 23.0 Å². The number of ether oxygens (including phenoxy) is 4. The number of hydrogen-bond donors (Lipinski definition) is 0. The Morgan fingerprint density at radius 1 is 1.00 bits per heavy atom. The topological polar surface area (TPSA) is 71.1 Å². The highest BCUT2D eigenvalue weighted by molar-refractivity contribution is 6.30. The number of carbonyl (C=O) groups excluding carboxylic acids is 2. The van der Waals surface area contributed by atoms with Gasteiger partial charge in [-0.1, -0.05) is 23.7 Å². The van der Waals surface area contributed by atoms with E-state index in [4.69, 9.17) is 30.5 Å². The molecular formula is C26H21ClO6. The van der Waals surface area contributed by atoms with Crippen LogP contribution in [-0.2, 0) is 11.2 Å². The van der Waals surface area contributed by atoms with Gasteiger partial charge in [-0.3, -0.25) is 9.59 Å². The van der Waals surface area contributed by atoms with Crippen LogP contribution in [0.4, 0.5) is 0 Å². The maximum absolute atomic E-state index is 12.9. The predicted molar refractivity (Wildman–Crippen MR) is 124 cm³/mol. The molecule has 6 nitrogen and oxygen atoms in total. The Morgan fingerprint density at radius 3 is 2.45 bits per heavy atom. The molecule has 33 heavy (non-hydrogen) atoms. The van der Waals surface area contributed by atoms with Crippen LogP contribution < -0.4 is 18.9 Å². The molecule has 3 aromatic carbocycles. The fourth-order valence-corrected chi connectivity index (χ4v) is 3.61. The number of allylic oxidation sites excluding steroid dienone is 1. The predicted octanol–water partition coefficient (Wildman–Crippen LogP) is 5.43. The highest BCUT2D eigenvalue weighted by Gasteiger charge is 2.31. The van der Waals surface area contributed by atoms with Crippen LogP contribution in [0, 0.1) is 6.92 Å². The van der Waals surface area contributed by atoms with Crippen LogP contribution in [0.5, 0.6) is 23.0 Å². The van der Waals surface area contributed by atoms with Crippen molar-refractivity contribution in [1.82, 2.24) is 0 Å². The van der Waals surface area contributed by atoms with Gasteiger partial charge in [-0.2, -0.15) is 0 Å². The van der Waals surface area contributed by atoms with Crippen LogP contribution in [0.25, 0.3) is 6.08 Å². The standard InChI is InChI=1S/C26H21ClO6/c1-15-21(32-24(28)12-16-4-7-18(27)8-5-16)11-10-20-25(29)23(33-26(15)20)13-17-6-9-19(30-2)14-22(17)31-3/h4-11,13-14H,12H2,1-3H3/b23-13-. The van der Waals surface area contributed by atoms with Crippen molar-refractivity contribution in [3.8, 4) is 23.0 Å². The van der Waals surface area contributed by atoms with Gasteiger partial charge in [0.2, 0.25) is 5.78 Å². The van der Waals surface area contributed by atoms with E-state index in [9.17, 15) is 9.59 Å². The first-order valence-electron chi connectivity index (χ1n) is 10.1. The van der Waals surface area contributed by atoms with Crippen LogP contribution in [0.3, 0.4) is 0 Å². The summed E-state index contributed by atoms with van der Waals surface area (Å²) in [4.78, 5) is 25.3. The van der Waals surface area contributed by atoms with Crippen molar-refractivity contribution in [2.45, 2.75) is 13.3 Å². The third-order valence-corrected chi connectivity index (χ3v) is 5.50. The van der Waals surface area contributed by atoms with E-state index in [0.717, 1.165) is 5.56 Å². The lowest BCUT2D eigenvalue weighted by Crippen LogP contribution is -2.12. The lowest BCUT2D eigenvalue weighted by Gasteiger charge is -2.10. The average Bonchev–Trinajstić information content (AvgIpc) is 3.13. The number of carbonyl (C=O) groups is 2. The molecule has 3 aromatic rings. The van der Waals surface area contributed by atoms with Gasteiger partial charge in [0.15, 0.2) is 5.76 Å². The smallest absolute Gasteiger partial charge is 0.315 e. The van der Waals surface area contributed by atoms with Crippen molar-refractivity contribution >= 4 is 29.4 Å². The second-order valence-electron chi connectivity index (χ2n) is 7.39. The van der Waals surface area contributed by atoms with E-state index in [1.807, 2.05) is 0 Å². The Labute approximate surface area is 196 Å². The molecule has 0 fully saturated rings. The molecule has 0 amide bonds. The van der Waals surface area contributed by atoms with Crippen molar-refractivity contribution in [3.05, 3.63) is 87.6 Å². The van der Waals surface area contributed by atoms with Gasteiger partial charge in [0.05, 0.1) is 26.2 Å². The summed E-state index contributed by atoms with van der Waals surface area (Å²) in [6, 6.07) is 15.4. The van der Waals surface area contributed by atoms with Gasteiger partial charge in [-0.05, 0) is 55.0 Å². The Morgan fingerprint density at radius 2 is 1.76 bits per heavy atom. The number of Topliss-reactive ketones (excluding diaryl/α,β-unsaturated/α-hetero) is 1. The number of esters is 1. The summed E-state index contributed by atoms with van der Waals surface area (Å²) in [5.41, 5.74) is 2.43. The summed E-state index contributed by atoms with van der Waals surface area (Å²) in [6.07, 6.45) is 1.71. The molecule has 7 heteroatoms. The minimum atomic E-state index is -0.427. The van der Waals surface area contributed by atoms with E-state index in [0.29, 0.717) is 44.7 Å². The fourth-order valence-electron chi connectivity index (χ4n) is 3.49. The zero-order chi connectivity index (χ0) is 23.5. The number of methoxy groups -OCH3 is 2. The van der Waals surface area contributed by atoms with Crippen molar-refractivity contribution in [2.75, 3.05) is 14.2 Å². The fraction of sp³-hybridized carbons (Fsp3) is 0.154. The Bertz CT molecular complexity index is 1260. The molecule has 1 aliphatic heterocycles. The molecule has 0 saturated carbocycles. The molecule has 0 saturated heterocycles. The monoisotopic (exact) mass is 464 g/mol. The molecule has 0 aromatic heterocycles. The number of benzene rings is 3. The highest BCUT2D eigenvalue weighted by Crippen LogP contribution is 2.40. The summed E-state index contributed by atoms with van der Waals surface area (Å²) >= 11 is 5.88. The van der Waals surface area contributed by atoms with E-state index in [-0.39, 0.29) is 18.0 Å².